The van der Waals surface area contributed by atoms with E-state index in [4.69, 9.17) is 0 Å². The maximum atomic E-state index is 12.4. The van der Waals surface area contributed by atoms with Crippen molar-refractivity contribution in [3.63, 3.8) is 0 Å². The molecule has 4 heteroatoms. The van der Waals surface area contributed by atoms with Crippen LogP contribution in [0, 0.1) is 5.92 Å². The van der Waals surface area contributed by atoms with Gasteiger partial charge in [-0.2, -0.15) is 0 Å². The van der Waals surface area contributed by atoms with E-state index in [0.29, 0.717) is 18.5 Å². The second kappa shape index (κ2) is 8.59. The Morgan fingerprint density at radius 2 is 1.75 bits per heavy atom. The van der Waals surface area contributed by atoms with E-state index >= 15 is 0 Å². The van der Waals surface area contributed by atoms with Crippen LogP contribution in [0.4, 0.5) is 0 Å². The standard InChI is InChI=1S/C24H30N2O2/c1-24(2,3)21-11-9-20(10-12-21)23(28)25-16-19-15-22(27)26(17-19)14-13-18-7-5-4-6-8-18/h4-12,19H,13-17H2,1-3H3,(H,25,28). The third-order valence-corrected chi connectivity index (χ3v) is 5.37. The van der Waals surface area contributed by atoms with Gasteiger partial charge in [-0.3, -0.25) is 9.59 Å². The highest BCUT2D eigenvalue weighted by Gasteiger charge is 2.29. The summed E-state index contributed by atoms with van der Waals surface area (Å²) in [7, 11) is 0. The van der Waals surface area contributed by atoms with Crippen molar-refractivity contribution in [1.29, 1.82) is 0 Å². The molecule has 1 aliphatic heterocycles. The molecule has 0 saturated carbocycles. The monoisotopic (exact) mass is 378 g/mol. The smallest absolute Gasteiger partial charge is 0.251 e. The summed E-state index contributed by atoms with van der Waals surface area (Å²) in [4.78, 5) is 26.6. The summed E-state index contributed by atoms with van der Waals surface area (Å²) < 4.78 is 0. The number of likely N-dealkylation sites (tertiary alicyclic amines) is 1. The number of amides is 2. The van der Waals surface area contributed by atoms with Crippen LogP contribution in [0.1, 0.15) is 48.7 Å². The minimum atomic E-state index is -0.0735. The molecule has 1 aliphatic rings. The fourth-order valence-electron chi connectivity index (χ4n) is 3.58. The predicted octanol–water partition coefficient (Wildman–Crippen LogP) is 3.81. The molecule has 1 saturated heterocycles. The molecule has 1 N–H and O–H groups in total. The van der Waals surface area contributed by atoms with Crippen molar-refractivity contribution in [3.05, 3.63) is 71.3 Å². The van der Waals surface area contributed by atoms with Gasteiger partial charge in [0.1, 0.15) is 0 Å². The third kappa shape index (κ3) is 5.22. The Labute approximate surface area is 167 Å². The van der Waals surface area contributed by atoms with Gasteiger partial charge in [0.05, 0.1) is 0 Å². The maximum Gasteiger partial charge on any atom is 0.251 e. The number of carbonyl (C=O) groups is 2. The molecular weight excluding hydrogens is 348 g/mol. The molecule has 148 valence electrons. The maximum absolute atomic E-state index is 12.4. The first-order valence-electron chi connectivity index (χ1n) is 10.0. The van der Waals surface area contributed by atoms with Gasteiger partial charge in [0, 0.05) is 37.5 Å². The molecule has 2 amide bonds. The molecule has 2 aromatic carbocycles. The number of hydrogen-bond donors (Lipinski definition) is 1. The third-order valence-electron chi connectivity index (χ3n) is 5.37. The Morgan fingerprint density at radius 3 is 2.39 bits per heavy atom. The van der Waals surface area contributed by atoms with Crippen LogP contribution in [-0.2, 0) is 16.6 Å². The van der Waals surface area contributed by atoms with Gasteiger partial charge in [0.2, 0.25) is 5.91 Å². The van der Waals surface area contributed by atoms with E-state index < -0.39 is 0 Å². The van der Waals surface area contributed by atoms with Gasteiger partial charge in [-0.15, -0.1) is 0 Å². The van der Waals surface area contributed by atoms with Crippen LogP contribution < -0.4 is 5.32 Å². The number of rotatable bonds is 6. The highest BCUT2D eigenvalue weighted by molar-refractivity contribution is 5.94. The molecule has 0 bridgehead atoms. The number of benzene rings is 2. The van der Waals surface area contributed by atoms with Gasteiger partial charge in [0.25, 0.3) is 5.91 Å². The second-order valence-electron chi connectivity index (χ2n) is 8.68. The number of nitrogens with one attached hydrogen (secondary N) is 1. The fraction of sp³-hybridized carbons (Fsp3) is 0.417. The van der Waals surface area contributed by atoms with E-state index in [1.165, 1.54) is 11.1 Å². The van der Waals surface area contributed by atoms with Gasteiger partial charge in [0.15, 0.2) is 0 Å². The Morgan fingerprint density at radius 1 is 1.07 bits per heavy atom. The summed E-state index contributed by atoms with van der Waals surface area (Å²) >= 11 is 0. The van der Waals surface area contributed by atoms with E-state index in [9.17, 15) is 9.59 Å². The zero-order valence-corrected chi connectivity index (χ0v) is 17.1. The summed E-state index contributed by atoms with van der Waals surface area (Å²) in [6.45, 7) is 8.46. The van der Waals surface area contributed by atoms with Crippen molar-refractivity contribution in [3.8, 4) is 0 Å². The predicted molar refractivity (Wildman–Crippen MR) is 112 cm³/mol. The summed E-state index contributed by atoms with van der Waals surface area (Å²) in [5.74, 6) is 0.293. The Bertz CT molecular complexity index is 807. The van der Waals surface area contributed by atoms with Gasteiger partial charge in [-0.05, 0) is 35.1 Å². The topological polar surface area (TPSA) is 49.4 Å². The Kier molecular flexibility index (Phi) is 6.18. The zero-order valence-electron chi connectivity index (χ0n) is 17.1. The van der Waals surface area contributed by atoms with Gasteiger partial charge < -0.3 is 10.2 Å². The summed E-state index contributed by atoms with van der Waals surface area (Å²) in [5, 5.41) is 3.00. The summed E-state index contributed by atoms with van der Waals surface area (Å²) in [6, 6.07) is 18.0. The van der Waals surface area contributed by atoms with Crippen molar-refractivity contribution >= 4 is 11.8 Å². The molecule has 4 nitrogen and oxygen atoms in total. The molecule has 28 heavy (non-hydrogen) atoms. The lowest BCUT2D eigenvalue weighted by molar-refractivity contribution is -0.127. The van der Waals surface area contributed by atoms with Crippen LogP contribution in [0.5, 0.6) is 0 Å². The van der Waals surface area contributed by atoms with E-state index in [0.717, 1.165) is 19.5 Å². The summed E-state index contributed by atoms with van der Waals surface area (Å²) in [5.41, 5.74) is 3.19. The van der Waals surface area contributed by atoms with E-state index in [2.05, 4.69) is 38.2 Å². The first-order chi connectivity index (χ1) is 13.3. The Hall–Kier alpha value is -2.62. The zero-order chi connectivity index (χ0) is 20.1. The number of carbonyl (C=O) groups excluding carboxylic acids is 2. The average molecular weight is 379 g/mol. The Balaban J connectivity index is 1.47. The van der Waals surface area contributed by atoms with Crippen molar-refractivity contribution in [2.75, 3.05) is 19.6 Å². The summed E-state index contributed by atoms with van der Waals surface area (Å²) in [6.07, 6.45) is 1.38. The number of nitrogens with zero attached hydrogens (tertiary/aromatic N) is 1. The molecule has 1 heterocycles. The molecule has 3 rings (SSSR count). The lowest BCUT2D eigenvalue weighted by Gasteiger charge is -2.19. The molecule has 1 fully saturated rings. The van der Waals surface area contributed by atoms with Crippen molar-refractivity contribution in [2.24, 2.45) is 5.92 Å². The van der Waals surface area contributed by atoms with Gasteiger partial charge >= 0.3 is 0 Å². The first kappa shape index (κ1) is 20.1. The highest BCUT2D eigenvalue weighted by atomic mass is 16.2. The quantitative estimate of drug-likeness (QED) is 0.831. The van der Waals surface area contributed by atoms with E-state index in [1.54, 1.807) is 0 Å². The molecule has 1 atom stereocenters. The molecule has 0 aliphatic carbocycles. The van der Waals surface area contributed by atoms with Crippen LogP contribution >= 0.6 is 0 Å². The minimum Gasteiger partial charge on any atom is -0.352 e. The number of hydrogen-bond acceptors (Lipinski definition) is 2. The lowest BCUT2D eigenvalue weighted by Crippen LogP contribution is -2.32. The highest BCUT2D eigenvalue weighted by Crippen LogP contribution is 2.22. The SMILES string of the molecule is CC(C)(C)c1ccc(C(=O)NCC2CC(=O)N(CCc3ccccc3)C2)cc1. The molecule has 1 unspecified atom stereocenters. The molecule has 0 radical (unpaired) electrons. The van der Waals surface area contributed by atoms with Crippen LogP contribution in [0.2, 0.25) is 0 Å². The van der Waals surface area contributed by atoms with Crippen molar-refractivity contribution in [2.45, 2.75) is 39.0 Å². The van der Waals surface area contributed by atoms with Gasteiger partial charge in [-0.25, -0.2) is 0 Å². The minimum absolute atomic E-state index is 0.0718. The van der Waals surface area contributed by atoms with Crippen LogP contribution in [0.3, 0.4) is 0 Å². The van der Waals surface area contributed by atoms with Crippen molar-refractivity contribution in [1.82, 2.24) is 10.2 Å². The molecule has 0 spiro atoms. The van der Waals surface area contributed by atoms with Crippen LogP contribution in [-0.4, -0.2) is 36.3 Å². The second-order valence-corrected chi connectivity index (χ2v) is 8.68. The van der Waals surface area contributed by atoms with Crippen molar-refractivity contribution < 1.29 is 9.59 Å². The molecule has 2 aromatic rings. The fourth-order valence-corrected chi connectivity index (χ4v) is 3.58. The van der Waals surface area contributed by atoms with Crippen LogP contribution in [0.25, 0.3) is 0 Å². The normalized spacial score (nSPS) is 17.0. The average Bonchev–Trinajstić information content (AvgIpc) is 3.04. The largest absolute Gasteiger partial charge is 0.352 e. The van der Waals surface area contributed by atoms with Crippen LogP contribution in [0.15, 0.2) is 54.6 Å². The molecule has 0 aromatic heterocycles. The van der Waals surface area contributed by atoms with E-state index in [-0.39, 0.29) is 23.1 Å². The van der Waals surface area contributed by atoms with Gasteiger partial charge in [-0.1, -0.05) is 63.2 Å². The van der Waals surface area contributed by atoms with E-state index in [1.807, 2.05) is 47.4 Å². The lowest BCUT2D eigenvalue weighted by atomic mass is 9.87. The molecular formula is C24H30N2O2. The first-order valence-corrected chi connectivity index (χ1v) is 10.0.